The third-order valence-corrected chi connectivity index (χ3v) is 4.57. The van der Waals surface area contributed by atoms with Gasteiger partial charge in [-0.2, -0.15) is 0 Å². The van der Waals surface area contributed by atoms with E-state index in [9.17, 15) is 4.79 Å². The number of rotatable bonds is 4. The fraction of sp³-hybridized carbons (Fsp3) is 0.714. The van der Waals surface area contributed by atoms with Crippen LogP contribution in [0.25, 0.3) is 0 Å². The lowest BCUT2D eigenvalue weighted by Gasteiger charge is -2.43. The summed E-state index contributed by atoms with van der Waals surface area (Å²) in [5.41, 5.74) is 0. The molecule has 0 radical (unpaired) electrons. The van der Waals surface area contributed by atoms with Crippen molar-refractivity contribution >= 4 is 5.91 Å². The molecule has 104 valence electrons. The van der Waals surface area contributed by atoms with E-state index >= 15 is 0 Å². The van der Waals surface area contributed by atoms with Crippen molar-refractivity contribution in [2.75, 3.05) is 26.2 Å². The zero-order valence-electron chi connectivity index (χ0n) is 11.5. The van der Waals surface area contributed by atoms with E-state index in [1.54, 1.807) is 6.20 Å². The van der Waals surface area contributed by atoms with Gasteiger partial charge in [0.2, 0.25) is 5.91 Å². The molecule has 1 aromatic heterocycles. The maximum atomic E-state index is 12.2. The number of fused-ring (bicyclic) bond motifs is 3. The Labute approximate surface area is 114 Å². The van der Waals surface area contributed by atoms with Gasteiger partial charge in [0.1, 0.15) is 5.82 Å². The first-order valence-corrected chi connectivity index (χ1v) is 7.22. The molecule has 3 fully saturated rings. The van der Waals surface area contributed by atoms with Crippen molar-refractivity contribution in [2.45, 2.75) is 26.3 Å². The second-order valence-corrected chi connectivity index (χ2v) is 5.70. The summed E-state index contributed by atoms with van der Waals surface area (Å²) in [5.74, 6) is 2.07. The van der Waals surface area contributed by atoms with E-state index < -0.39 is 0 Å². The van der Waals surface area contributed by atoms with Crippen LogP contribution in [-0.4, -0.2) is 46.5 Å². The van der Waals surface area contributed by atoms with Gasteiger partial charge in [-0.05, 0) is 38.8 Å². The normalized spacial score (nSPS) is 29.4. The molecule has 0 saturated carbocycles. The summed E-state index contributed by atoms with van der Waals surface area (Å²) in [6.07, 6.45) is 6.14. The first-order chi connectivity index (χ1) is 9.24. The predicted molar refractivity (Wildman–Crippen MR) is 72.6 cm³/mol. The summed E-state index contributed by atoms with van der Waals surface area (Å²) in [5, 5.41) is 3.09. The van der Waals surface area contributed by atoms with E-state index in [1.807, 2.05) is 13.1 Å². The molecule has 4 rings (SSSR count). The number of aromatic nitrogens is 2. The highest BCUT2D eigenvalue weighted by molar-refractivity contribution is 5.79. The van der Waals surface area contributed by atoms with Crippen LogP contribution in [0.3, 0.4) is 0 Å². The van der Waals surface area contributed by atoms with Crippen molar-refractivity contribution in [3.8, 4) is 0 Å². The smallest absolute Gasteiger partial charge is 0.224 e. The Bertz CT molecular complexity index is 448. The maximum absolute atomic E-state index is 12.2. The van der Waals surface area contributed by atoms with Gasteiger partial charge in [-0.25, -0.2) is 4.98 Å². The molecule has 2 bridgehead atoms. The number of imidazole rings is 1. The summed E-state index contributed by atoms with van der Waals surface area (Å²) >= 11 is 0. The SMILES string of the molecule is Cc1nccn1CCNC(=O)[C@@H]1CN2CCC1CC2. The Balaban J connectivity index is 1.48. The minimum Gasteiger partial charge on any atom is -0.354 e. The fourth-order valence-electron chi connectivity index (χ4n) is 3.33. The Morgan fingerprint density at radius 1 is 1.47 bits per heavy atom. The molecule has 5 heteroatoms. The van der Waals surface area contributed by atoms with Gasteiger partial charge < -0.3 is 14.8 Å². The van der Waals surface area contributed by atoms with Crippen LogP contribution in [0.4, 0.5) is 0 Å². The predicted octanol–water partition coefficient (Wildman–Crippen LogP) is 0.650. The molecular formula is C14H22N4O. The van der Waals surface area contributed by atoms with Crippen molar-refractivity contribution in [3.63, 3.8) is 0 Å². The molecule has 3 aliphatic rings. The van der Waals surface area contributed by atoms with E-state index in [-0.39, 0.29) is 11.8 Å². The summed E-state index contributed by atoms with van der Waals surface area (Å²) < 4.78 is 2.07. The van der Waals surface area contributed by atoms with Crippen LogP contribution in [0.1, 0.15) is 18.7 Å². The standard InChI is InChI=1S/C14H22N4O/c1-11-15-4-8-18(11)9-5-16-14(19)13-10-17-6-2-12(13)3-7-17/h4,8,12-13H,2-3,5-7,9-10H2,1H3,(H,16,19)/t13-/m1/s1. The summed E-state index contributed by atoms with van der Waals surface area (Å²) in [6, 6.07) is 0. The van der Waals surface area contributed by atoms with Crippen LogP contribution in [0.2, 0.25) is 0 Å². The monoisotopic (exact) mass is 262 g/mol. The highest BCUT2D eigenvalue weighted by Gasteiger charge is 2.37. The van der Waals surface area contributed by atoms with Crippen molar-refractivity contribution in [1.29, 1.82) is 0 Å². The van der Waals surface area contributed by atoms with E-state index in [1.165, 1.54) is 25.9 Å². The van der Waals surface area contributed by atoms with E-state index in [0.29, 0.717) is 12.5 Å². The number of carbonyl (C=O) groups is 1. The molecule has 3 aliphatic heterocycles. The zero-order chi connectivity index (χ0) is 13.2. The number of nitrogens with zero attached hydrogens (tertiary/aromatic N) is 3. The van der Waals surface area contributed by atoms with Crippen LogP contribution >= 0.6 is 0 Å². The zero-order valence-corrected chi connectivity index (χ0v) is 11.5. The van der Waals surface area contributed by atoms with Crippen molar-refractivity contribution < 1.29 is 4.79 Å². The molecule has 1 aromatic rings. The number of amides is 1. The molecule has 4 heterocycles. The fourth-order valence-corrected chi connectivity index (χ4v) is 3.33. The number of aryl methyl sites for hydroxylation is 1. The second-order valence-electron chi connectivity index (χ2n) is 5.70. The minimum absolute atomic E-state index is 0.214. The lowest BCUT2D eigenvalue weighted by Crippen LogP contribution is -2.52. The van der Waals surface area contributed by atoms with Gasteiger partial charge in [-0.3, -0.25) is 4.79 Å². The number of hydrogen-bond donors (Lipinski definition) is 1. The third kappa shape index (κ3) is 2.66. The number of hydrogen-bond acceptors (Lipinski definition) is 3. The summed E-state index contributed by atoms with van der Waals surface area (Å²) in [7, 11) is 0. The first kappa shape index (κ1) is 12.7. The molecule has 1 atom stereocenters. The largest absolute Gasteiger partial charge is 0.354 e. The van der Waals surface area contributed by atoms with Crippen molar-refractivity contribution in [1.82, 2.24) is 19.8 Å². The van der Waals surface area contributed by atoms with Crippen LogP contribution in [0, 0.1) is 18.8 Å². The van der Waals surface area contributed by atoms with Gasteiger partial charge in [-0.15, -0.1) is 0 Å². The highest BCUT2D eigenvalue weighted by Crippen LogP contribution is 2.32. The third-order valence-electron chi connectivity index (χ3n) is 4.57. The second kappa shape index (κ2) is 5.33. The molecule has 0 spiro atoms. The van der Waals surface area contributed by atoms with Gasteiger partial charge in [0.15, 0.2) is 0 Å². The topological polar surface area (TPSA) is 50.2 Å². The summed E-state index contributed by atoms with van der Waals surface area (Å²) in [4.78, 5) is 18.8. The minimum atomic E-state index is 0.214. The number of piperidine rings is 3. The molecule has 0 aliphatic carbocycles. The molecule has 0 aromatic carbocycles. The van der Waals surface area contributed by atoms with Crippen LogP contribution in [0.5, 0.6) is 0 Å². The molecule has 19 heavy (non-hydrogen) atoms. The van der Waals surface area contributed by atoms with Crippen LogP contribution in [-0.2, 0) is 11.3 Å². The Morgan fingerprint density at radius 3 is 2.84 bits per heavy atom. The molecule has 5 nitrogen and oxygen atoms in total. The Morgan fingerprint density at radius 2 is 2.26 bits per heavy atom. The van der Waals surface area contributed by atoms with E-state index in [4.69, 9.17) is 0 Å². The van der Waals surface area contributed by atoms with E-state index in [2.05, 4.69) is 19.8 Å². The quantitative estimate of drug-likeness (QED) is 0.867. The lowest BCUT2D eigenvalue weighted by molar-refractivity contribution is -0.131. The molecule has 1 amide bonds. The molecule has 3 saturated heterocycles. The molecular weight excluding hydrogens is 240 g/mol. The van der Waals surface area contributed by atoms with Crippen LogP contribution in [0.15, 0.2) is 12.4 Å². The van der Waals surface area contributed by atoms with Crippen LogP contribution < -0.4 is 5.32 Å². The average molecular weight is 262 g/mol. The first-order valence-electron chi connectivity index (χ1n) is 7.22. The molecule has 1 N–H and O–H groups in total. The molecule has 0 unspecified atom stereocenters. The number of carbonyl (C=O) groups excluding carboxylic acids is 1. The lowest BCUT2D eigenvalue weighted by atomic mass is 9.78. The maximum Gasteiger partial charge on any atom is 0.224 e. The number of nitrogens with one attached hydrogen (secondary N) is 1. The van der Waals surface area contributed by atoms with Gasteiger partial charge in [0.25, 0.3) is 0 Å². The van der Waals surface area contributed by atoms with Gasteiger partial charge in [-0.1, -0.05) is 0 Å². The Hall–Kier alpha value is -1.36. The van der Waals surface area contributed by atoms with Crippen molar-refractivity contribution in [2.24, 2.45) is 11.8 Å². The Kier molecular flexibility index (Phi) is 3.55. The highest BCUT2D eigenvalue weighted by atomic mass is 16.1. The average Bonchev–Trinajstić information content (AvgIpc) is 2.85. The summed E-state index contributed by atoms with van der Waals surface area (Å²) in [6.45, 7) is 6.80. The van der Waals surface area contributed by atoms with Crippen molar-refractivity contribution in [3.05, 3.63) is 18.2 Å². The van der Waals surface area contributed by atoms with E-state index in [0.717, 1.165) is 18.9 Å². The van der Waals surface area contributed by atoms with Gasteiger partial charge >= 0.3 is 0 Å². The van der Waals surface area contributed by atoms with Gasteiger partial charge in [0.05, 0.1) is 5.92 Å². The van der Waals surface area contributed by atoms with Gasteiger partial charge in [0, 0.05) is 32.0 Å².